The van der Waals surface area contributed by atoms with Crippen molar-refractivity contribution in [1.29, 1.82) is 0 Å². The van der Waals surface area contributed by atoms with Crippen molar-refractivity contribution in [1.82, 2.24) is 9.88 Å². The number of hydrogen-bond acceptors (Lipinski definition) is 5. The van der Waals surface area contributed by atoms with Gasteiger partial charge in [-0.2, -0.15) is 0 Å². The number of ether oxygens (including phenoxy) is 2. The van der Waals surface area contributed by atoms with E-state index in [2.05, 4.69) is 5.32 Å². The monoisotopic (exact) mass is 467 g/mol. The van der Waals surface area contributed by atoms with Crippen molar-refractivity contribution in [2.75, 3.05) is 19.1 Å². The lowest BCUT2D eigenvalue weighted by molar-refractivity contribution is -0.127. The van der Waals surface area contributed by atoms with Crippen LogP contribution in [0.25, 0.3) is 10.2 Å². The van der Waals surface area contributed by atoms with Crippen molar-refractivity contribution in [3.05, 3.63) is 41.4 Å². The van der Waals surface area contributed by atoms with E-state index in [1.807, 2.05) is 29.0 Å². The molecule has 2 aliphatic rings. The first-order valence-corrected chi connectivity index (χ1v) is 12.3. The Labute approximate surface area is 197 Å². The Morgan fingerprint density at radius 1 is 1.09 bits per heavy atom. The topological polar surface area (TPSA) is 72.8 Å². The number of nitrogens with one attached hydrogen (secondary N) is 1. The molecule has 0 saturated heterocycles. The second-order valence-electron chi connectivity index (χ2n) is 9.09. The van der Waals surface area contributed by atoms with Crippen molar-refractivity contribution < 1.29 is 19.1 Å². The number of aromatic nitrogens is 1. The minimum Gasteiger partial charge on any atom is -0.497 e. The van der Waals surface area contributed by atoms with E-state index in [0.717, 1.165) is 35.9 Å². The third-order valence-corrected chi connectivity index (χ3v) is 7.86. The summed E-state index contributed by atoms with van der Waals surface area (Å²) in [5.74, 6) is 0.790. The van der Waals surface area contributed by atoms with E-state index in [4.69, 9.17) is 9.47 Å². The third kappa shape index (κ3) is 3.66. The fourth-order valence-electron chi connectivity index (χ4n) is 5.11. The van der Waals surface area contributed by atoms with Crippen LogP contribution < -0.4 is 19.7 Å². The lowest BCUT2D eigenvalue weighted by atomic mass is 9.91. The summed E-state index contributed by atoms with van der Waals surface area (Å²) in [5, 5.41) is 6.30. The smallest absolute Gasteiger partial charge is 0.275 e. The number of hydrogen-bond donors (Lipinski definition) is 1. The summed E-state index contributed by atoms with van der Waals surface area (Å²) < 4.78 is 12.9. The molecule has 1 aliphatic carbocycles. The van der Waals surface area contributed by atoms with Crippen LogP contribution in [0.5, 0.6) is 11.5 Å². The van der Waals surface area contributed by atoms with Gasteiger partial charge in [0.05, 0.1) is 26.5 Å². The van der Waals surface area contributed by atoms with Crippen LogP contribution in [0.4, 0.5) is 5.69 Å². The molecule has 8 heteroatoms. The van der Waals surface area contributed by atoms with Gasteiger partial charge in [-0.3, -0.25) is 14.5 Å². The summed E-state index contributed by atoms with van der Waals surface area (Å²) >= 11 is 1.59. The average molecular weight is 468 g/mol. The number of carbonyl (C=O) groups is 2. The molecule has 1 aromatic carbocycles. The Morgan fingerprint density at radius 2 is 1.79 bits per heavy atom. The zero-order valence-electron chi connectivity index (χ0n) is 19.2. The lowest BCUT2D eigenvalue weighted by Gasteiger charge is -2.44. The van der Waals surface area contributed by atoms with Gasteiger partial charge in [0.15, 0.2) is 0 Å². The van der Waals surface area contributed by atoms with Gasteiger partial charge < -0.3 is 19.4 Å². The molecule has 33 heavy (non-hydrogen) atoms. The molecule has 7 nitrogen and oxygen atoms in total. The maximum Gasteiger partial charge on any atom is 0.275 e. The van der Waals surface area contributed by atoms with E-state index in [1.54, 1.807) is 48.7 Å². The predicted molar refractivity (Wildman–Crippen MR) is 130 cm³/mol. The van der Waals surface area contributed by atoms with Gasteiger partial charge in [0.1, 0.15) is 27.6 Å². The molecule has 0 bridgehead atoms. The molecule has 5 rings (SSSR count). The van der Waals surface area contributed by atoms with Crippen LogP contribution in [0.2, 0.25) is 0 Å². The summed E-state index contributed by atoms with van der Waals surface area (Å²) in [6.07, 6.45) is 5.41. The predicted octanol–water partition coefficient (Wildman–Crippen LogP) is 4.59. The Morgan fingerprint density at radius 3 is 2.45 bits per heavy atom. The fourth-order valence-corrected chi connectivity index (χ4v) is 6.01. The van der Waals surface area contributed by atoms with Gasteiger partial charge in [-0.25, -0.2) is 0 Å². The van der Waals surface area contributed by atoms with Gasteiger partial charge in [-0.15, -0.1) is 11.3 Å². The van der Waals surface area contributed by atoms with Crippen molar-refractivity contribution >= 4 is 39.1 Å². The van der Waals surface area contributed by atoms with Crippen LogP contribution in [-0.2, 0) is 11.3 Å². The van der Waals surface area contributed by atoms with E-state index in [9.17, 15) is 9.59 Å². The van der Waals surface area contributed by atoms with Crippen LogP contribution in [0.1, 0.15) is 49.5 Å². The largest absolute Gasteiger partial charge is 0.497 e. The molecule has 3 aromatic rings. The third-order valence-electron chi connectivity index (χ3n) is 6.91. The van der Waals surface area contributed by atoms with Crippen molar-refractivity contribution in [2.24, 2.45) is 0 Å². The molecule has 1 atom stereocenters. The van der Waals surface area contributed by atoms with Crippen LogP contribution in [0.3, 0.4) is 0 Å². The molecule has 1 N–H and O–H groups in total. The minimum atomic E-state index is -1.12. The van der Waals surface area contributed by atoms with Crippen molar-refractivity contribution in [3.8, 4) is 11.5 Å². The zero-order chi connectivity index (χ0) is 23.2. The zero-order valence-corrected chi connectivity index (χ0v) is 20.0. The Bertz CT molecular complexity index is 1190. The van der Waals surface area contributed by atoms with Gasteiger partial charge in [0.25, 0.3) is 5.91 Å². The minimum absolute atomic E-state index is 0.131. The first-order valence-electron chi connectivity index (χ1n) is 11.4. The summed E-state index contributed by atoms with van der Waals surface area (Å²) in [4.78, 5) is 30.4. The highest BCUT2D eigenvalue weighted by Gasteiger charge is 2.49. The number of benzene rings is 1. The normalized spacial score (nSPS) is 21.2. The number of rotatable bonds is 5. The maximum atomic E-state index is 13.9. The molecule has 0 spiro atoms. The number of carbonyl (C=O) groups excluding carboxylic acids is 2. The Kier molecular flexibility index (Phi) is 5.56. The molecule has 0 unspecified atom stereocenters. The number of anilines is 1. The first-order chi connectivity index (χ1) is 15.9. The number of fused-ring (bicyclic) bond motifs is 3. The molecule has 0 radical (unpaired) electrons. The molecule has 1 fully saturated rings. The standard InChI is InChI=1S/C25H29N3O4S/c1-25(24(30)26-17-7-5-4-6-8-17)15-27-21(11-16-9-10-33-23(16)27)22(29)28(25)18-12-19(31-2)14-20(13-18)32-3/h9-14,17H,4-8,15H2,1-3H3,(H,26,30)/t25-/m0/s1. The van der Waals surface area contributed by atoms with E-state index < -0.39 is 5.54 Å². The second kappa shape index (κ2) is 8.41. The molecular formula is C25H29N3O4S. The quantitative estimate of drug-likeness (QED) is 0.596. The van der Waals surface area contributed by atoms with Gasteiger partial charge in [-0.05, 0) is 37.3 Å². The van der Waals surface area contributed by atoms with Gasteiger partial charge in [0.2, 0.25) is 5.91 Å². The van der Waals surface area contributed by atoms with Gasteiger partial charge >= 0.3 is 0 Å². The van der Waals surface area contributed by atoms with E-state index in [1.165, 1.54) is 6.42 Å². The van der Waals surface area contributed by atoms with Gasteiger partial charge in [-0.1, -0.05) is 19.3 Å². The fraction of sp³-hybridized carbons (Fsp3) is 0.440. The highest BCUT2D eigenvalue weighted by molar-refractivity contribution is 7.16. The number of thiophene rings is 1. The van der Waals surface area contributed by atoms with E-state index >= 15 is 0 Å². The Hall–Kier alpha value is -3.00. The number of amides is 2. The summed E-state index contributed by atoms with van der Waals surface area (Å²) in [6, 6.07) is 9.40. The highest BCUT2D eigenvalue weighted by atomic mass is 32.1. The molecule has 1 aliphatic heterocycles. The second-order valence-corrected chi connectivity index (χ2v) is 9.99. The molecular weight excluding hydrogens is 438 g/mol. The molecule has 2 aromatic heterocycles. The summed E-state index contributed by atoms with van der Waals surface area (Å²) in [5.41, 5.74) is 0.0457. The van der Waals surface area contributed by atoms with Crippen LogP contribution in [-0.4, -0.2) is 42.2 Å². The SMILES string of the molecule is COc1cc(OC)cc(N2C(=O)c3cc4ccsc4n3C[C@@]2(C)C(=O)NC2CCCCC2)c1. The van der Waals surface area contributed by atoms with Crippen LogP contribution >= 0.6 is 11.3 Å². The first kappa shape index (κ1) is 21.8. The average Bonchev–Trinajstić information content (AvgIpc) is 3.42. The molecule has 1 saturated carbocycles. The van der Waals surface area contributed by atoms with Crippen LogP contribution in [0.15, 0.2) is 35.7 Å². The highest BCUT2D eigenvalue weighted by Crippen LogP contribution is 2.40. The van der Waals surface area contributed by atoms with E-state index in [-0.39, 0.29) is 17.9 Å². The van der Waals surface area contributed by atoms with Crippen molar-refractivity contribution in [3.63, 3.8) is 0 Å². The summed E-state index contributed by atoms with van der Waals surface area (Å²) in [6.45, 7) is 2.23. The Balaban J connectivity index is 1.62. The number of nitrogens with zero attached hydrogens (tertiary/aromatic N) is 2. The maximum absolute atomic E-state index is 13.9. The van der Waals surface area contributed by atoms with E-state index in [0.29, 0.717) is 29.4 Å². The van der Waals surface area contributed by atoms with Crippen molar-refractivity contribution in [2.45, 2.75) is 57.2 Å². The molecule has 2 amide bonds. The molecule has 174 valence electrons. The lowest BCUT2D eigenvalue weighted by Crippen LogP contribution is -2.65. The summed E-state index contributed by atoms with van der Waals surface area (Å²) in [7, 11) is 3.15. The molecule has 3 heterocycles. The number of methoxy groups -OCH3 is 2. The van der Waals surface area contributed by atoms with Crippen LogP contribution in [0, 0.1) is 0 Å². The van der Waals surface area contributed by atoms with Gasteiger partial charge in [0, 0.05) is 29.6 Å².